The molecule has 15 atom stereocenters. The molecule has 0 spiro atoms. The lowest BCUT2D eigenvalue weighted by molar-refractivity contribution is -0.374. The summed E-state index contributed by atoms with van der Waals surface area (Å²) in [5.74, 6) is -8.81. The van der Waals surface area contributed by atoms with Crippen molar-refractivity contribution in [1.29, 1.82) is 0 Å². The molecule has 24 nitrogen and oxygen atoms in total. The third-order valence-corrected chi connectivity index (χ3v) is 11.7. The fourth-order valence-electron chi connectivity index (χ4n) is 7.23. The molecule has 3 aliphatic rings. The van der Waals surface area contributed by atoms with Crippen molar-refractivity contribution in [3.05, 3.63) is 0 Å². The molecule has 3 rings (SSSR count). The SMILES string of the molecule is CC(=O)OC[C@H]1O[C@@H](O[C@H]2[C@H](OC(C)=O)[C@@H](OC(C)=O)[C@H](OCC(CBr)CBr)O[C@@H]2COC(C)=O)[C@H](OC(C)=O)[C@@H](C)[C@H]1O[C@H]1O[C@H](COC(C)=O)[C@H](OC(C)=O)[C@H](OC(C)=O)[C@H]1OC(C)=O. The van der Waals surface area contributed by atoms with Gasteiger partial charge in [0, 0.05) is 84.8 Å². The summed E-state index contributed by atoms with van der Waals surface area (Å²) in [5, 5.41) is 0.974. The second-order valence-electron chi connectivity index (χ2n) is 15.5. The van der Waals surface area contributed by atoms with E-state index < -0.39 is 165 Å². The molecular weight excluding hydrogens is 1040 g/mol. The van der Waals surface area contributed by atoms with Crippen molar-refractivity contribution in [3.63, 3.8) is 0 Å². The molecule has 3 fully saturated rings. The van der Waals surface area contributed by atoms with Crippen LogP contribution in [0.5, 0.6) is 0 Å². The minimum absolute atomic E-state index is 0.0358. The molecule has 380 valence electrons. The van der Waals surface area contributed by atoms with Crippen molar-refractivity contribution in [2.45, 2.75) is 155 Å². The smallest absolute Gasteiger partial charge is 0.303 e. The Hall–Kier alpha value is -4.05. The Kier molecular flexibility index (Phi) is 23.3. The van der Waals surface area contributed by atoms with E-state index in [-0.39, 0.29) is 12.5 Å². The molecule has 3 aliphatic heterocycles. The Labute approximate surface area is 402 Å². The van der Waals surface area contributed by atoms with Gasteiger partial charge in [-0.1, -0.05) is 38.8 Å². The monoisotopic (exact) mass is 1090 g/mol. The predicted molar refractivity (Wildman–Crippen MR) is 225 cm³/mol. The van der Waals surface area contributed by atoms with E-state index >= 15 is 0 Å². The first-order valence-corrected chi connectivity index (χ1v) is 23.1. The molecule has 0 radical (unpaired) electrons. The van der Waals surface area contributed by atoms with Crippen LogP contribution in [-0.4, -0.2) is 177 Å². The molecule has 0 N–H and O–H groups in total. The van der Waals surface area contributed by atoms with Gasteiger partial charge in [-0.2, -0.15) is 0 Å². The first-order chi connectivity index (χ1) is 31.4. The third-order valence-electron chi connectivity index (χ3n) is 9.84. The van der Waals surface area contributed by atoms with Crippen LogP contribution < -0.4 is 0 Å². The van der Waals surface area contributed by atoms with Crippen molar-refractivity contribution in [3.8, 4) is 0 Å². The zero-order valence-corrected chi connectivity index (χ0v) is 41.7. The third kappa shape index (κ3) is 17.8. The maximum absolute atomic E-state index is 12.9. The van der Waals surface area contributed by atoms with Crippen LogP contribution in [0.15, 0.2) is 0 Å². The van der Waals surface area contributed by atoms with Crippen LogP contribution >= 0.6 is 31.9 Å². The highest BCUT2D eigenvalue weighted by Crippen LogP contribution is 2.39. The Bertz CT molecular complexity index is 1740. The quantitative estimate of drug-likeness (QED) is 0.0888. The van der Waals surface area contributed by atoms with Gasteiger partial charge >= 0.3 is 53.7 Å². The number of hydrogen-bond acceptors (Lipinski definition) is 24. The predicted octanol–water partition coefficient (Wildman–Crippen LogP) is 1.27. The molecule has 0 aromatic rings. The summed E-state index contributed by atoms with van der Waals surface area (Å²) in [6, 6.07) is 0. The summed E-state index contributed by atoms with van der Waals surface area (Å²) in [5.41, 5.74) is 0. The lowest BCUT2D eigenvalue weighted by Crippen LogP contribution is -2.67. The molecule has 3 heterocycles. The summed E-state index contributed by atoms with van der Waals surface area (Å²) in [6.45, 7) is 9.49. The van der Waals surface area contributed by atoms with Gasteiger partial charge in [0.1, 0.15) is 44.2 Å². The molecule has 26 heteroatoms. The van der Waals surface area contributed by atoms with Gasteiger partial charge in [-0.3, -0.25) is 43.2 Å². The molecule has 0 bridgehead atoms. The van der Waals surface area contributed by atoms with E-state index in [0.717, 1.165) is 62.3 Å². The van der Waals surface area contributed by atoms with E-state index in [4.69, 9.17) is 71.1 Å². The molecular formula is C41H58Br2O24. The average molecular weight is 1090 g/mol. The maximum Gasteiger partial charge on any atom is 0.303 e. The number of ether oxygens (including phenoxy) is 15. The van der Waals surface area contributed by atoms with E-state index in [2.05, 4.69) is 31.9 Å². The Morgan fingerprint density at radius 1 is 0.403 bits per heavy atom. The highest BCUT2D eigenvalue weighted by molar-refractivity contribution is 9.09. The van der Waals surface area contributed by atoms with Crippen LogP contribution in [0.1, 0.15) is 69.2 Å². The summed E-state index contributed by atoms with van der Waals surface area (Å²) in [6.07, 6.45) is -21.6. The highest BCUT2D eigenvalue weighted by Gasteiger charge is 2.58. The van der Waals surface area contributed by atoms with Crippen LogP contribution in [-0.2, 0) is 114 Å². The van der Waals surface area contributed by atoms with Gasteiger partial charge in [0.15, 0.2) is 55.5 Å². The maximum atomic E-state index is 12.9. The molecule has 3 saturated heterocycles. The number of hydrogen-bond donors (Lipinski definition) is 0. The number of carbonyl (C=O) groups is 9. The number of halogens is 2. The minimum atomic E-state index is -1.78. The number of rotatable bonds is 21. The topological polar surface area (TPSA) is 292 Å². The Morgan fingerprint density at radius 2 is 0.716 bits per heavy atom. The fourth-order valence-corrected chi connectivity index (χ4v) is 8.68. The van der Waals surface area contributed by atoms with E-state index in [1.54, 1.807) is 0 Å². The largest absolute Gasteiger partial charge is 0.463 e. The summed E-state index contributed by atoms with van der Waals surface area (Å²) in [7, 11) is 0. The lowest BCUT2D eigenvalue weighted by Gasteiger charge is -2.50. The van der Waals surface area contributed by atoms with E-state index in [1.807, 2.05) is 0 Å². The molecule has 0 aliphatic carbocycles. The number of alkyl halides is 2. The van der Waals surface area contributed by atoms with Crippen LogP contribution in [0.3, 0.4) is 0 Å². The van der Waals surface area contributed by atoms with Gasteiger partial charge < -0.3 is 71.1 Å². The fraction of sp³-hybridized carbons (Fsp3) is 0.780. The van der Waals surface area contributed by atoms with Crippen molar-refractivity contribution < 1.29 is 114 Å². The van der Waals surface area contributed by atoms with Crippen LogP contribution in [0, 0.1) is 11.8 Å². The van der Waals surface area contributed by atoms with Crippen LogP contribution in [0.25, 0.3) is 0 Å². The Morgan fingerprint density at radius 3 is 1.13 bits per heavy atom. The molecule has 0 aromatic heterocycles. The van der Waals surface area contributed by atoms with Gasteiger partial charge in [-0.15, -0.1) is 0 Å². The molecule has 0 unspecified atom stereocenters. The molecule has 67 heavy (non-hydrogen) atoms. The molecule has 0 aromatic carbocycles. The summed E-state index contributed by atoms with van der Waals surface area (Å²) >= 11 is 6.80. The summed E-state index contributed by atoms with van der Waals surface area (Å²) < 4.78 is 87.5. The second-order valence-corrected chi connectivity index (χ2v) is 16.8. The van der Waals surface area contributed by atoms with E-state index in [1.165, 1.54) is 6.92 Å². The zero-order valence-electron chi connectivity index (χ0n) is 38.5. The molecule has 0 amide bonds. The van der Waals surface area contributed by atoms with Crippen molar-refractivity contribution in [2.75, 3.05) is 37.1 Å². The first kappa shape index (κ1) is 57.3. The van der Waals surface area contributed by atoms with Gasteiger partial charge in [0.25, 0.3) is 0 Å². The highest BCUT2D eigenvalue weighted by atomic mass is 79.9. The van der Waals surface area contributed by atoms with Crippen molar-refractivity contribution in [1.82, 2.24) is 0 Å². The normalized spacial score (nSPS) is 31.6. The van der Waals surface area contributed by atoms with Crippen molar-refractivity contribution in [2.24, 2.45) is 11.8 Å². The number of carbonyl (C=O) groups excluding carboxylic acids is 9. The second kappa shape index (κ2) is 27.2. The van der Waals surface area contributed by atoms with Gasteiger partial charge in [-0.25, -0.2) is 0 Å². The van der Waals surface area contributed by atoms with Crippen LogP contribution in [0.4, 0.5) is 0 Å². The minimum Gasteiger partial charge on any atom is -0.463 e. The molecule has 0 saturated carbocycles. The van der Waals surface area contributed by atoms with Gasteiger partial charge in [-0.05, 0) is 0 Å². The zero-order chi connectivity index (χ0) is 50.3. The standard InChI is InChI=1S/C41H58Br2O24/c1-17-31(66-41-38(62-26(10)52)35(59-23(7)49)33(58-22(6)48)29(65-41)15-54-19(3)45)28(14-53-18(2)44)64-40(32(17)57-21(5)47)67-34-30(16-55-20(4)46)63-39(56-13-27(11-42)12-43)37(61-25(9)51)36(34)60-24(8)50/h17,27-41H,11-16H2,1-10H3/t17-,28+,29+,30+,31+,32+,33-,34+,35-,36-,37+,38+,39+,40-,41+/m0/s1. The van der Waals surface area contributed by atoms with Crippen LogP contribution in [0.2, 0.25) is 0 Å². The van der Waals surface area contributed by atoms with Gasteiger partial charge in [0.2, 0.25) is 0 Å². The van der Waals surface area contributed by atoms with Crippen molar-refractivity contribution >= 4 is 85.6 Å². The average Bonchev–Trinajstić information content (AvgIpc) is 3.21. The Balaban J connectivity index is 2.20. The van der Waals surface area contributed by atoms with E-state index in [0.29, 0.717) is 10.7 Å². The first-order valence-electron chi connectivity index (χ1n) is 20.9. The van der Waals surface area contributed by atoms with E-state index in [9.17, 15) is 43.2 Å². The summed E-state index contributed by atoms with van der Waals surface area (Å²) in [4.78, 5) is 112. The number of esters is 9. The lowest BCUT2D eigenvalue weighted by atomic mass is 9.89. The van der Waals surface area contributed by atoms with Gasteiger partial charge in [0.05, 0.1) is 12.7 Å².